The molecule has 1 N–H and O–H groups in total. The van der Waals surface area contributed by atoms with E-state index in [1.807, 2.05) is 6.92 Å². The number of methoxy groups -OCH3 is 2. The normalized spacial score (nSPS) is 12.1. The molecule has 0 aromatic heterocycles. The number of benzene rings is 1. The van der Waals surface area contributed by atoms with E-state index in [9.17, 15) is 8.42 Å². The van der Waals surface area contributed by atoms with Crippen LogP contribution in [0, 0.1) is 6.92 Å². The molecule has 1 aromatic rings. The predicted octanol–water partition coefficient (Wildman–Crippen LogP) is 1.65. The van der Waals surface area contributed by atoms with Crippen molar-refractivity contribution in [3.8, 4) is 0 Å². The molecule has 0 heterocycles. The zero-order valence-corrected chi connectivity index (χ0v) is 12.8. The summed E-state index contributed by atoms with van der Waals surface area (Å²) in [5, 5.41) is 0. The summed E-state index contributed by atoms with van der Waals surface area (Å²) in [4.78, 5) is 0.217. The summed E-state index contributed by atoms with van der Waals surface area (Å²) >= 11 is 3.33. The van der Waals surface area contributed by atoms with Crippen molar-refractivity contribution in [1.82, 2.24) is 4.72 Å². The molecule has 0 spiro atoms. The van der Waals surface area contributed by atoms with Gasteiger partial charge in [0.15, 0.2) is 6.29 Å². The minimum atomic E-state index is -3.55. The van der Waals surface area contributed by atoms with Crippen LogP contribution in [0.15, 0.2) is 27.6 Å². The molecule has 0 radical (unpaired) electrons. The summed E-state index contributed by atoms with van der Waals surface area (Å²) in [7, 11) is -0.644. The number of ether oxygens (including phenoxy) is 2. The fraction of sp³-hybridized carbons (Fsp3) is 0.455. The molecule has 0 bridgehead atoms. The highest BCUT2D eigenvalue weighted by Gasteiger charge is 2.17. The van der Waals surface area contributed by atoms with Gasteiger partial charge in [0.2, 0.25) is 10.0 Å². The van der Waals surface area contributed by atoms with Crippen LogP contribution >= 0.6 is 15.9 Å². The van der Waals surface area contributed by atoms with Crippen molar-refractivity contribution in [2.45, 2.75) is 18.1 Å². The van der Waals surface area contributed by atoms with E-state index in [1.165, 1.54) is 20.3 Å². The molecule has 7 heteroatoms. The number of sulfonamides is 1. The van der Waals surface area contributed by atoms with E-state index in [0.717, 1.165) is 10.0 Å². The standard InChI is InChI=1S/C11H16BrNO4S/c1-8-6-9(4-5-10(8)12)18(14,15)13-7-11(16-2)17-3/h4-6,11,13H,7H2,1-3H3. The Balaban J connectivity index is 2.83. The van der Waals surface area contributed by atoms with Crippen molar-refractivity contribution < 1.29 is 17.9 Å². The van der Waals surface area contributed by atoms with Gasteiger partial charge in [-0.1, -0.05) is 15.9 Å². The highest BCUT2D eigenvalue weighted by atomic mass is 79.9. The van der Waals surface area contributed by atoms with Crippen molar-refractivity contribution >= 4 is 26.0 Å². The molecule has 0 unspecified atom stereocenters. The van der Waals surface area contributed by atoms with Crippen molar-refractivity contribution in [1.29, 1.82) is 0 Å². The molecule has 102 valence electrons. The molecule has 0 atom stereocenters. The summed E-state index contributed by atoms with van der Waals surface area (Å²) in [6, 6.07) is 4.84. The van der Waals surface area contributed by atoms with E-state index in [2.05, 4.69) is 20.7 Å². The van der Waals surface area contributed by atoms with Crippen LogP contribution in [-0.2, 0) is 19.5 Å². The third-order valence-electron chi connectivity index (χ3n) is 2.41. The van der Waals surface area contributed by atoms with E-state index in [4.69, 9.17) is 9.47 Å². The van der Waals surface area contributed by atoms with Gasteiger partial charge in [0.25, 0.3) is 0 Å². The lowest BCUT2D eigenvalue weighted by molar-refractivity contribution is -0.0960. The van der Waals surface area contributed by atoms with E-state index in [0.29, 0.717) is 0 Å². The Bertz CT molecular complexity index is 500. The van der Waals surface area contributed by atoms with Crippen LogP contribution in [0.3, 0.4) is 0 Å². The van der Waals surface area contributed by atoms with Crippen LogP contribution in [0.2, 0.25) is 0 Å². The molecule has 0 aliphatic rings. The first-order valence-corrected chi connectivity index (χ1v) is 7.49. The maximum Gasteiger partial charge on any atom is 0.240 e. The Labute approximate surface area is 116 Å². The third-order valence-corrected chi connectivity index (χ3v) is 4.72. The largest absolute Gasteiger partial charge is 0.355 e. The van der Waals surface area contributed by atoms with Gasteiger partial charge in [0.1, 0.15) is 0 Å². The number of aryl methyl sites for hydroxylation is 1. The van der Waals surface area contributed by atoms with Gasteiger partial charge in [-0.3, -0.25) is 0 Å². The first kappa shape index (κ1) is 15.6. The molecule has 5 nitrogen and oxygen atoms in total. The molecule has 1 aromatic carbocycles. The maximum atomic E-state index is 12.0. The second kappa shape index (κ2) is 6.63. The van der Waals surface area contributed by atoms with Crippen LogP contribution in [-0.4, -0.2) is 35.5 Å². The molecular formula is C11H16BrNO4S. The summed E-state index contributed by atoms with van der Waals surface area (Å²) in [5.74, 6) is 0. The minimum Gasteiger partial charge on any atom is -0.355 e. The fourth-order valence-corrected chi connectivity index (χ4v) is 2.66. The first-order chi connectivity index (χ1) is 8.40. The average Bonchev–Trinajstić information content (AvgIpc) is 2.33. The second-order valence-corrected chi connectivity index (χ2v) is 6.29. The fourth-order valence-electron chi connectivity index (χ4n) is 1.31. The van der Waals surface area contributed by atoms with Gasteiger partial charge in [-0.25, -0.2) is 13.1 Å². The van der Waals surface area contributed by atoms with E-state index in [1.54, 1.807) is 12.1 Å². The van der Waals surface area contributed by atoms with Gasteiger partial charge in [-0.15, -0.1) is 0 Å². The molecule has 0 aliphatic heterocycles. The Hall–Kier alpha value is -0.470. The van der Waals surface area contributed by atoms with Gasteiger partial charge >= 0.3 is 0 Å². The Kier molecular flexibility index (Phi) is 5.74. The van der Waals surface area contributed by atoms with Crippen molar-refractivity contribution in [2.75, 3.05) is 20.8 Å². The lowest BCUT2D eigenvalue weighted by atomic mass is 10.2. The SMILES string of the molecule is COC(CNS(=O)(=O)c1ccc(Br)c(C)c1)OC. The first-order valence-electron chi connectivity index (χ1n) is 5.22. The number of hydrogen-bond donors (Lipinski definition) is 1. The van der Waals surface area contributed by atoms with Gasteiger partial charge in [-0.05, 0) is 30.7 Å². The van der Waals surface area contributed by atoms with Crippen molar-refractivity contribution in [2.24, 2.45) is 0 Å². The van der Waals surface area contributed by atoms with Crippen LogP contribution < -0.4 is 4.72 Å². The van der Waals surface area contributed by atoms with Crippen LogP contribution in [0.25, 0.3) is 0 Å². The zero-order chi connectivity index (χ0) is 13.8. The Morgan fingerprint density at radius 1 is 1.33 bits per heavy atom. The number of nitrogens with one attached hydrogen (secondary N) is 1. The minimum absolute atomic E-state index is 0.0600. The second-order valence-electron chi connectivity index (χ2n) is 3.66. The Morgan fingerprint density at radius 2 is 1.94 bits per heavy atom. The van der Waals surface area contributed by atoms with Crippen LogP contribution in [0.4, 0.5) is 0 Å². The molecule has 1 rings (SSSR count). The van der Waals surface area contributed by atoms with Gasteiger partial charge in [0.05, 0.1) is 11.4 Å². The predicted molar refractivity (Wildman–Crippen MR) is 71.9 cm³/mol. The third kappa shape index (κ3) is 4.03. The number of rotatable bonds is 6. The number of hydrogen-bond acceptors (Lipinski definition) is 4. The van der Waals surface area contributed by atoms with Crippen molar-refractivity contribution in [3.63, 3.8) is 0 Å². The summed E-state index contributed by atoms with van der Waals surface area (Å²) in [6.45, 7) is 1.89. The maximum absolute atomic E-state index is 12.0. The highest BCUT2D eigenvalue weighted by molar-refractivity contribution is 9.10. The van der Waals surface area contributed by atoms with Crippen LogP contribution in [0.5, 0.6) is 0 Å². The monoisotopic (exact) mass is 337 g/mol. The summed E-state index contributed by atoms with van der Waals surface area (Å²) in [6.07, 6.45) is -0.601. The number of halogens is 1. The zero-order valence-electron chi connectivity index (χ0n) is 10.4. The van der Waals surface area contributed by atoms with Crippen LogP contribution in [0.1, 0.15) is 5.56 Å². The lowest BCUT2D eigenvalue weighted by Gasteiger charge is -2.14. The van der Waals surface area contributed by atoms with Gasteiger partial charge in [-0.2, -0.15) is 0 Å². The van der Waals surface area contributed by atoms with E-state index >= 15 is 0 Å². The molecule has 0 amide bonds. The van der Waals surface area contributed by atoms with Gasteiger partial charge in [0, 0.05) is 18.7 Å². The molecule has 0 fully saturated rings. The highest BCUT2D eigenvalue weighted by Crippen LogP contribution is 2.19. The molecule has 0 aliphatic carbocycles. The summed E-state index contributed by atoms with van der Waals surface area (Å²) in [5.41, 5.74) is 0.855. The smallest absolute Gasteiger partial charge is 0.240 e. The van der Waals surface area contributed by atoms with E-state index in [-0.39, 0.29) is 11.4 Å². The lowest BCUT2D eigenvalue weighted by Crippen LogP contribution is -2.34. The summed E-state index contributed by atoms with van der Waals surface area (Å²) < 4.78 is 37.1. The molecule has 18 heavy (non-hydrogen) atoms. The molecular weight excluding hydrogens is 322 g/mol. The molecule has 0 saturated carbocycles. The average molecular weight is 338 g/mol. The quantitative estimate of drug-likeness (QED) is 0.801. The Morgan fingerprint density at radius 3 is 2.44 bits per heavy atom. The molecule has 0 saturated heterocycles. The van der Waals surface area contributed by atoms with E-state index < -0.39 is 16.3 Å². The van der Waals surface area contributed by atoms with Crippen molar-refractivity contribution in [3.05, 3.63) is 28.2 Å². The topological polar surface area (TPSA) is 64.6 Å². The van der Waals surface area contributed by atoms with Gasteiger partial charge < -0.3 is 9.47 Å².